The lowest BCUT2D eigenvalue weighted by Gasteiger charge is -2.28. The summed E-state index contributed by atoms with van der Waals surface area (Å²) < 4.78 is 38.2. The van der Waals surface area contributed by atoms with Gasteiger partial charge in [-0.05, 0) is 41.5 Å². The third-order valence-corrected chi connectivity index (χ3v) is 4.61. The molecule has 0 atom stereocenters. The minimum atomic E-state index is -4.35. The van der Waals surface area contributed by atoms with Gasteiger partial charge in [-0.3, -0.25) is 4.79 Å². The van der Waals surface area contributed by atoms with Crippen LogP contribution in [0.25, 0.3) is 11.3 Å². The molecule has 5 heteroatoms. The summed E-state index contributed by atoms with van der Waals surface area (Å²) in [6.45, 7) is 6.07. The summed E-state index contributed by atoms with van der Waals surface area (Å²) in [5.41, 5.74) is 3.23. The lowest BCUT2D eigenvalue weighted by Crippen LogP contribution is -2.27. The smallest absolute Gasteiger partial charge is 0.358 e. The first kappa shape index (κ1) is 16.8. The van der Waals surface area contributed by atoms with E-state index >= 15 is 0 Å². The molecule has 0 radical (unpaired) electrons. The Balaban J connectivity index is 2.08. The van der Waals surface area contributed by atoms with Crippen LogP contribution in [0.5, 0.6) is 0 Å². The zero-order valence-electron chi connectivity index (χ0n) is 14.0. The summed E-state index contributed by atoms with van der Waals surface area (Å²) >= 11 is 0. The fourth-order valence-corrected chi connectivity index (χ4v) is 3.56. The van der Waals surface area contributed by atoms with Gasteiger partial charge in [-0.15, -0.1) is 0 Å². The molecule has 1 aliphatic rings. The largest absolute Gasteiger partial charge is 0.416 e. The summed E-state index contributed by atoms with van der Waals surface area (Å²) in [6.07, 6.45) is -2.42. The molecule has 0 bridgehead atoms. The molecular formula is C19H20F3NO. The van der Waals surface area contributed by atoms with Gasteiger partial charge in [0.05, 0.1) is 5.56 Å². The fraction of sp³-hybridized carbons (Fsp3) is 0.421. The number of carbonyl (C=O) groups is 1. The van der Waals surface area contributed by atoms with E-state index in [4.69, 9.17) is 0 Å². The van der Waals surface area contributed by atoms with E-state index < -0.39 is 11.7 Å². The van der Waals surface area contributed by atoms with E-state index in [1.165, 1.54) is 12.1 Å². The number of hydrogen-bond donors (Lipinski definition) is 1. The van der Waals surface area contributed by atoms with Crippen LogP contribution in [0, 0.1) is 5.41 Å². The van der Waals surface area contributed by atoms with Crippen LogP contribution in [0.1, 0.15) is 54.4 Å². The summed E-state index contributed by atoms with van der Waals surface area (Å²) in [5, 5.41) is 0. The molecule has 0 aliphatic heterocycles. The van der Waals surface area contributed by atoms with Crippen molar-refractivity contribution >= 4 is 5.78 Å². The number of carbonyl (C=O) groups excluding carboxylic acids is 1. The van der Waals surface area contributed by atoms with Gasteiger partial charge in [-0.25, -0.2) is 0 Å². The van der Waals surface area contributed by atoms with Crippen molar-refractivity contribution in [3.05, 3.63) is 46.6 Å². The quantitative estimate of drug-likeness (QED) is 0.781. The van der Waals surface area contributed by atoms with E-state index in [1.807, 2.05) is 6.92 Å². The van der Waals surface area contributed by atoms with Gasteiger partial charge >= 0.3 is 6.18 Å². The van der Waals surface area contributed by atoms with Crippen molar-refractivity contribution in [1.82, 2.24) is 4.98 Å². The number of nitrogens with one attached hydrogen (secondary N) is 1. The van der Waals surface area contributed by atoms with Crippen LogP contribution >= 0.6 is 0 Å². The van der Waals surface area contributed by atoms with E-state index in [1.54, 1.807) is 0 Å². The number of hydrogen-bond acceptors (Lipinski definition) is 1. The molecule has 0 saturated heterocycles. The number of fused-ring (bicyclic) bond motifs is 1. The molecule has 0 amide bonds. The molecule has 1 aliphatic carbocycles. The van der Waals surface area contributed by atoms with Gasteiger partial charge in [0.2, 0.25) is 0 Å². The maximum Gasteiger partial charge on any atom is 0.416 e. The highest BCUT2D eigenvalue weighted by Gasteiger charge is 2.35. The second kappa shape index (κ2) is 5.50. The van der Waals surface area contributed by atoms with Crippen LogP contribution in [0.15, 0.2) is 24.3 Å². The number of aromatic nitrogens is 1. The summed E-state index contributed by atoms with van der Waals surface area (Å²) in [7, 11) is 0. The molecule has 0 spiro atoms. The number of Topliss-reactive ketones (excluding diaryl/α,β-unsaturated/α-hetero) is 1. The highest BCUT2D eigenvalue weighted by molar-refractivity contribution is 6.02. The standard InChI is InChI=1S/C19H20F3NO/c1-4-13-16-14(9-18(2,3)10-15(16)24)23-17(13)11-5-7-12(8-6-11)19(20,21)22/h5-8,23H,4,9-10H2,1-3H3. The Morgan fingerprint density at radius 3 is 2.29 bits per heavy atom. The maximum absolute atomic E-state index is 12.7. The molecule has 0 saturated carbocycles. The zero-order valence-corrected chi connectivity index (χ0v) is 14.0. The average Bonchev–Trinajstić information content (AvgIpc) is 2.83. The first-order valence-corrected chi connectivity index (χ1v) is 8.07. The Morgan fingerprint density at radius 1 is 1.12 bits per heavy atom. The second-order valence-electron chi connectivity index (χ2n) is 7.20. The normalized spacial score (nSPS) is 17.0. The van der Waals surface area contributed by atoms with Crippen molar-refractivity contribution < 1.29 is 18.0 Å². The topological polar surface area (TPSA) is 32.9 Å². The van der Waals surface area contributed by atoms with Crippen molar-refractivity contribution in [3.63, 3.8) is 0 Å². The SMILES string of the molecule is CCc1c(-c2ccc(C(F)(F)F)cc2)[nH]c2c1C(=O)CC(C)(C)C2. The summed E-state index contributed by atoms with van der Waals surface area (Å²) in [4.78, 5) is 15.9. The number of alkyl halides is 3. The van der Waals surface area contributed by atoms with Crippen molar-refractivity contribution in [3.8, 4) is 11.3 Å². The third kappa shape index (κ3) is 2.87. The monoisotopic (exact) mass is 335 g/mol. The van der Waals surface area contributed by atoms with Crippen molar-refractivity contribution in [2.45, 2.75) is 46.2 Å². The molecule has 24 heavy (non-hydrogen) atoms. The molecule has 1 aromatic heterocycles. The molecule has 0 unspecified atom stereocenters. The minimum absolute atomic E-state index is 0.0998. The molecule has 1 aromatic carbocycles. The van der Waals surface area contributed by atoms with Gasteiger partial charge in [0.15, 0.2) is 5.78 Å². The second-order valence-corrected chi connectivity index (χ2v) is 7.20. The maximum atomic E-state index is 12.7. The minimum Gasteiger partial charge on any atom is -0.358 e. The number of H-pyrrole nitrogens is 1. The van der Waals surface area contributed by atoms with Crippen molar-refractivity contribution in [2.24, 2.45) is 5.41 Å². The van der Waals surface area contributed by atoms with Crippen LogP contribution in [-0.4, -0.2) is 10.8 Å². The van der Waals surface area contributed by atoms with Crippen LogP contribution in [0.3, 0.4) is 0 Å². The van der Waals surface area contributed by atoms with Gasteiger partial charge < -0.3 is 4.98 Å². The molecule has 3 rings (SSSR count). The van der Waals surface area contributed by atoms with Crippen LogP contribution in [0.4, 0.5) is 13.2 Å². The average molecular weight is 335 g/mol. The predicted molar refractivity (Wildman–Crippen MR) is 87.0 cm³/mol. The summed E-state index contributed by atoms with van der Waals surface area (Å²) in [5.74, 6) is 0.118. The van der Waals surface area contributed by atoms with E-state index in [-0.39, 0.29) is 11.2 Å². The first-order valence-electron chi connectivity index (χ1n) is 8.07. The first-order chi connectivity index (χ1) is 11.1. The van der Waals surface area contributed by atoms with Crippen LogP contribution < -0.4 is 0 Å². The Labute approximate surface area is 139 Å². The van der Waals surface area contributed by atoms with Crippen LogP contribution in [0.2, 0.25) is 0 Å². The number of rotatable bonds is 2. The molecule has 128 valence electrons. The molecule has 1 N–H and O–H groups in total. The van der Waals surface area contributed by atoms with E-state index in [0.29, 0.717) is 18.4 Å². The number of halogens is 3. The molecule has 0 fully saturated rings. The van der Waals surface area contributed by atoms with E-state index in [9.17, 15) is 18.0 Å². The van der Waals surface area contributed by atoms with Gasteiger partial charge in [-0.2, -0.15) is 13.2 Å². The Hall–Kier alpha value is -2.04. The Morgan fingerprint density at radius 2 is 1.75 bits per heavy atom. The van der Waals surface area contributed by atoms with E-state index in [2.05, 4.69) is 18.8 Å². The Bertz CT molecular complexity index is 782. The number of ketones is 1. The molecular weight excluding hydrogens is 315 g/mol. The summed E-state index contributed by atoms with van der Waals surface area (Å²) in [6, 6.07) is 5.10. The third-order valence-electron chi connectivity index (χ3n) is 4.61. The van der Waals surface area contributed by atoms with Crippen molar-refractivity contribution in [1.29, 1.82) is 0 Å². The lowest BCUT2D eigenvalue weighted by atomic mass is 9.75. The van der Waals surface area contributed by atoms with Gasteiger partial charge in [0, 0.05) is 23.4 Å². The zero-order chi connectivity index (χ0) is 17.7. The molecule has 2 nitrogen and oxygen atoms in total. The van der Waals surface area contributed by atoms with Crippen molar-refractivity contribution in [2.75, 3.05) is 0 Å². The van der Waals surface area contributed by atoms with E-state index in [0.717, 1.165) is 41.1 Å². The highest BCUT2D eigenvalue weighted by Crippen LogP contribution is 2.40. The number of aromatic amines is 1. The highest BCUT2D eigenvalue weighted by atomic mass is 19.4. The molecule has 1 heterocycles. The molecule has 2 aromatic rings. The van der Waals surface area contributed by atoms with Gasteiger partial charge in [-0.1, -0.05) is 32.9 Å². The van der Waals surface area contributed by atoms with Gasteiger partial charge in [0.1, 0.15) is 0 Å². The van der Waals surface area contributed by atoms with Gasteiger partial charge in [0.25, 0.3) is 0 Å². The number of benzene rings is 1. The van der Waals surface area contributed by atoms with Crippen LogP contribution in [-0.2, 0) is 19.0 Å². The Kier molecular flexibility index (Phi) is 3.85. The predicted octanol–water partition coefficient (Wildman–Crippen LogP) is 5.42. The fourth-order valence-electron chi connectivity index (χ4n) is 3.56. The lowest BCUT2D eigenvalue weighted by molar-refractivity contribution is -0.137.